The third-order valence-corrected chi connectivity index (χ3v) is 6.36. The van der Waals surface area contributed by atoms with Crippen molar-refractivity contribution >= 4 is 30.7 Å². The number of carbonyl (C=O) groups is 1. The average molecular weight is 415 g/mol. The maximum absolute atomic E-state index is 12.9. The summed E-state index contributed by atoms with van der Waals surface area (Å²) in [7, 11) is 0. The Labute approximate surface area is 174 Å². The molecular formula is C20H32Cl2N4O. The molecule has 1 aromatic rings. The Balaban J connectivity index is 0.00000131. The maximum atomic E-state index is 12.9. The van der Waals surface area contributed by atoms with Crippen molar-refractivity contribution in [3.8, 4) is 0 Å². The first-order chi connectivity index (χ1) is 12.2. The molecule has 1 aliphatic carbocycles. The highest BCUT2D eigenvalue weighted by atomic mass is 35.5. The van der Waals surface area contributed by atoms with Crippen LogP contribution in [0.25, 0.3) is 0 Å². The van der Waals surface area contributed by atoms with Crippen LogP contribution in [0.3, 0.4) is 0 Å². The van der Waals surface area contributed by atoms with E-state index >= 15 is 0 Å². The highest BCUT2D eigenvalue weighted by molar-refractivity contribution is 5.86. The van der Waals surface area contributed by atoms with E-state index in [9.17, 15) is 4.79 Å². The van der Waals surface area contributed by atoms with Crippen LogP contribution < -0.4 is 11.1 Å². The van der Waals surface area contributed by atoms with Crippen molar-refractivity contribution in [3.63, 3.8) is 0 Å². The molecule has 7 heteroatoms. The zero-order chi connectivity index (χ0) is 17.3. The third kappa shape index (κ3) is 4.77. The number of amides is 1. The van der Waals surface area contributed by atoms with Gasteiger partial charge in [-0.3, -0.25) is 9.69 Å². The fourth-order valence-corrected chi connectivity index (χ4v) is 4.68. The van der Waals surface area contributed by atoms with Crippen LogP contribution >= 0.6 is 24.8 Å². The van der Waals surface area contributed by atoms with Crippen molar-refractivity contribution in [3.05, 3.63) is 35.4 Å². The van der Waals surface area contributed by atoms with Crippen molar-refractivity contribution in [2.45, 2.75) is 43.7 Å². The number of benzene rings is 1. The van der Waals surface area contributed by atoms with Crippen LogP contribution in [0, 0.1) is 0 Å². The standard InChI is InChI=1S/C20H30N4O.2ClH/c21-20(7-9-22-10-8-20)19(25)24-13-11-23(12-14-24)18-6-5-16-3-1-2-4-17(16)15-18;;/h1-4,18,22H,5-15,21H2;2*1H. The Morgan fingerprint density at radius 3 is 2.33 bits per heavy atom. The van der Waals surface area contributed by atoms with Gasteiger partial charge in [0.2, 0.25) is 5.91 Å². The van der Waals surface area contributed by atoms with Crippen molar-refractivity contribution in [1.82, 2.24) is 15.1 Å². The molecule has 0 aromatic heterocycles. The molecule has 3 aliphatic rings. The zero-order valence-corrected chi connectivity index (χ0v) is 17.5. The van der Waals surface area contributed by atoms with E-state index in [1.165, 1.54) is 24.0 Å². The van der Waals surface area contributed by atoms with Crippen LogP contribution in [0.1, 0.15) is 30.4 Å². The normalized spacial score (nSPS) is 24.9. The number of piperazine rings is 1. The molecule has 27 heavy (non-hydrogen) atoms. The van der Waals surface area contributed by atoms with Gasteiger partial charge in [-0.2, -0.15) is 0 Å². The molecule has 2 heterocycles. The van der Waals surface area contributed by atoms with E-state index in [1.807, 2.05) is 4.90 Å². The number of hydrogen-bond donors (Lipinski definition) is 2. The molecule has 3 N–H and O–H groups in total. The highest BCUT2D eigenvalue weighted by Gasteiger charge is 2.39. The first-order valence-electron chi connectivity index (χ1n) is 9.75. The predicted octanol–water partition coefficient (Wildman–Crippen LogP) is 1.61. The van der Waals surface area contributed by atoms with Crippen LogP contribution in [0.4, 0.5) is 0 Å². The number of nitrogens with two attached hydrogens (primary N) is 1. The summed E-state index contributed by atoms with van der Waals surface area (Å²) < 4.78 is 0. The SMILES string of the molecule is Cl.Cl.NC1(C(=O)N2CCN(C3CCc4ccccc4C3)CC2)CCNCC1. The molecule has 1 aromatic carbocycles. The first kappa shape index (κ1) is 22.4. The molecule has 0 radical (unpaired) electrons. The molecule has 152 valence electrons. The average Bonchev–Trinajstić information content (AvgIpc) is 2.68. The van der Waals surface area contributed by atoms with E-state index in [2.05, 4.69) is 34.5 Å². The van der Waals surface area contributed by atoms with Gasteiger partial charge in [0.1, 0.15) is 0 Å². The van der Waals surface area contributed by atoms with Gasteiger partial charge in [0.25, 0.3) is 0 Å². The number of nitrogens with zero attached hydrogens (tertiary/aromatic N) is 2. The minimum absolute atomic E-state index is 0. The number of aryl methyl sites for hydroxylation is 1. The lowest BCUT2D eigenvalue weighted by molar-refractivity contribution is -0.140. The van der Waals surface area contributed by atoms with Gasteiger partial charge >= 0.3 is 0 Å². The summed E-state index contributed by atoms with van der Waals surface area (Å²) >= 11 is 0. The number of hydrogen-bond acceptors (Lipinski definition) is 4. The van der Waals surface area contributed by atoms with Crippen LogP contribution in [0.15, 0.2) is 24.3 Å². The maximum Gasteiger partial charge on any atom is 0.242 e. The van der Waals surface area contributed by atoms with Crippen molar-refractivity contribution in [2.75, 3.05) is 39.3 Å². The summed E-state index contributed by atoms with van der Waals surface area (Å²) in [4.78, 5) is 17.5. The van der Waals surface area contributed by atoms with Gasteiger partial charge in [-0.25, -0.2) is 0 Å². The van der Waals surface area contributed by atoms with Crippen LogP contribution in [0.5, 0.6) is 0 Å². The molecule has 2 fully saturated rings. The summed E-state index contributed by atoms with van der Waals surface area (Å²) in [6.45, 7) is 5.31. The Kier molecular flexibility index (Phi) is 7.95. The molecule has 2 aliphatic heterocycles. The lowest BCUT2D eigenvalue weighted by Gasteiger charge is -2.44. The Morgan fingerprint density at radius 2 is 1.67 bits per heavy atom. The van der Waals surface area contributed by atoms with Crippen LogP contribution in [-0.2, 0) is 17.6 Å². The van der Waals surface area contributed by atoms with E-state index in [1.54, 1.807) is 0 Å². The third-order valence-electron chi connectivity index (χ3n) is 6.36. The van der Waals surface area contributed by atoms with Gasteiger partial charge in [-0.15, -0.1) is 24.8 Å². The fourth-order valence-electron chi connectivity index (χ4n) is 4.68. The molecule has 0 spiro atoms. The molecule has 0 bridgehead atoms. The molecule has 1 atom stereocenters. The van der Waals surface area contributed by atoms with Crippen molar-refractivity contribution < 1.29 is 4.79 Å². The number of piperidine rings is 1. The Morgan fingerprint density at radius 1 is 1.04 bits per heavy atom. The van der Waals surface area contributed by atoms with Crippen LogP contribution in [0.2, 0.25) is 0 Å². The molecule has 1 amide bonds. The molecule has 0 saturated carbocycles. The van der Waals surface area contributed by atoms with E-state index in [4.69, 9.17) is 5.73 Å². The molecule has 2 saturated heterocycles. The topological polar surface area (TPSA) is 61.6 Å². The second-order valence-electron chi connectivity index (χ2n) is 7.90. The molecule has 5 nitrogen and oxygen atoms in total. The van der Waals surface area contributed by atoms with Gasteiger partial charge in [0.05, 0.1) is 5.54 Å². The van der Waals surface area contributed by atoms with Crippen LogP contribution in [-0.4, -0.2) is 66.6 Å². The van der Waals surface area contributed by atoms with Gasteiger partial charge in [0.15, 0.2) is 0 Å². The molecule has 4 rings (SSSR count). The number of rotatable bonds is 2. The largest absolute Gasteiger partial charge is 0.339 e. The van der Waals surface area contributed by atoms with Crippen molar-refractivity contribution in [2.24, 2.45) is 5.73 Å². The van der Waals surface area contributed by atoms with Gasteiger partial charge in [-0.05, 0) is 56.3 Å². The monoisotopic (exact) mass is 414 g/mol. The van der Waals surface area contributed by atoms with E-state index in [-0.39, 0.29) is 30.7 Å². The lowest BCUT2D eigenvalue weighted by Crippen LogP contribution is -2.63. The van der Waals surface area contributed by atoms with Gasteiger partial charge in [-0.1, -0.05) is 24.3 Å². The van der Waals surface area contributed by atoms with Crippen molar-refractivity contribution in [1.29, 1.82) is 0 Å². The summed E-state index contributed by atoms with van der Waals surface area (Å²) in [6.07, 6.45) is 5.07. The predicted molar refractivity (Wildman–Crippen MR) is 114 cm³/mol. The summed E-state index contributed by atoms with van der Waals surface area (Å²) in [5.74, 6) is 0.169. The number of nitrogens with one attached hydrogen (secondary N) is 1. The van der Waals surface area contributed by atoms with Gasteiger partial charge < -0.3 is 16.0 Å². The Bertz CT molecular complexity index is 628. The number of fused-ring (bicyclic) bond motifs is 1. The van der Waals surface area contributed by atoms with Gasteiger partial charge in [0, 0.05) is 32.2 Å². The summed E-state index contributed by atoms with van der Waals surface area (Å²) in [5, 5.41) is 3.30. The second-order valence-corrected chi connectivity index (χ2v) is 7.90. The number of carbonyl (C=O) groups excluding carboxylic acids is 1. The minimum atomic E-state index is -0.642. The first-order valence-corrected chi connectivity index (χ1v) is 9.75. The van der Waals surface area contributed by atoms with E-state index in [0.717, 1.165) is 58.5 Å². The molecule has 1 unspecified atom stereocenters. The Hall–Kier alpha value is -0.850. The summed E-state index contributed by atoms with van der Waals surface area (Å²) in [5.41, 5.74) is 8.80. The smallest absolute Gasteiger partial charge is 0.242 e. The minimum Gasteiger partial charge on any atom is -0.339 e. The number of halogens is 2. The van der Waals surface area contributed by atoms with E-state index in [0.29, 0.717) is 6.04 Å². The van der Waals surface area contributed by atoms with E-state index < -0.39 is 5.54 Å². The highest BCUT2D eigenvalue weighted by Crippen LogP contribution is 2.26. The quantitative estimate of drug-likeness (QED) is 0.771. The summed E-state index contributed by atoms with van der Waals surface area (Å²) in [6, 6.07) is 9.46. The molecular weight excluding hydrogens is 383 g/mol. The zero-order valence-electron chi connectivity index (χ0n) is 15.9. The second kappa shape index (κ2) is 9.57. The fraction of sp³-hybridized carbons (Fsp3) is 0.650. The lowest BCUT2D eigenvalue weighted by atomic mass is 9.86.